The first-order valence-electron chi connectivity index (χ1n) is 11.7. The number of nitriles is 1. The molecule has 1 unspecified atom stereocenters. The molecule has 2 N–H and O–H groups in total. The number of ether oxygens (including phenoxy) is 1. The highest BCUT2D eigenvalue weighted by atomic mass is 19.1. The third kappa shape index (κ3) is 5.06. The maximum absolute atomic E-state index is 14.9. The zero-order valence-corrected chi connectivity index (χ0v) is 19.0. The Kier molecular flexibility index (Phi) is 7.29. The van der Waals surface area contributed by atoms with E-state index in [0.29, 0.717) is 30.2 Å². The largest absolute Gasteiger partial charge is 0.383 e. The van der Waals surface area contributed by atoms with Crippen molar-refractivity contribution in [3.8, 4) is 6.07 Å². The highest BCUT2D eigenvalue weighted by Gasteiger charge is 2.43. The van der Waals surface area contributed by atoms with Gasteiger partial charge in [-0.25, -0.2) is 4.39 Å². The number of fused-ring (bicyclic) bond motifs is 2. The van der Waals surface area contributed by atoms with Crippen LogP contribution in [0.3, 0.4) is 0 Å². The lowest BCUT2D eigenvalue weighted by Crippen LogP contribution is -2.52. The Morgan fingerprint density at radius 3 is 2.88 bits per heavy atom. The lowest BCUT2D eigenvalue weighted by molar-refractivity contribution is -0.124. The maximum atomic E-state index is 14.9. The van der Waals surface area contributed by atoms with Gasteiger partial charge < -0.3 is 20.3 Å². The molecule has 2 aliphatic heterocycles. The number of piperidine rings is 1. The third-order valence-electron chi connectivity index (χ3n) is 7.29. The van der Waals surface area contributed by atoms with Crippen LogP contribution in [0.15, 0.2) is 18.2 Å². The van der Waals surface area contributed by atoms with Gasteiger partial charge in [0.25, 0.3) is 0 Å². The molecule has 0 aromatic heterocycles. The molecule has 1 aliphatic carbocycles. The third-order valence-corrected chi connectivity index (χ3v) is 7.29. The summed E-state index contributed by atoms with van der Waals surface area (Å²) in [6.07, 6.45) is 3.37. The summed E-state index contributed by atoms with van der Waals surface area (Å²) >= 11 is 0. The summed E-state index contributed by atoms with van der Waals surface area (Å²) < 4.78 is 20.1. The number of anilines is 1. The molecule has 174 valence electrons. The van der Waals surface area contributed by atoms with Gasteiger partial charge in [0.05, 0.1) is 18.7 Å². The zero-order chi connectivity index (χ0) is 22.7. The van der Waals surface area contributed by atoms with E-state index < -0.39 is 6.04 Å². The molecule has 32 heavy (non-hydrogen) atoms. The molecule has 0 spiro atoms. The number of carbonyl (C=O) groups is 1. The van der Waals surface area contributed by atoms with E-state index in [0.717, 1.165) is 51.1 Å². The smallest absolute Gasteiger partial charge is 0.238 e. The van der Waals surface area contributed by atoms with Crippen LogP contribution in [0.5, 0.6) is 0 Å². The molecule has 2 saturated heterocycles. The number of nitrogens with one attached hydrogen (secondary N) is 2. The molecule has 1 aromatic carbocycles. The van der Waals surface area contributed by atoms with Gasteiger partial charge in [0, 0.05) is 57.5 Å². The lowest BCUT2D eigenvalue weighted by Gasteiger charge is -2.41. The van der Waals surface area contributed by atoms with E-state index in [-0.39, 0.29) is 24.2 Å². The molecule has 1 amide bonds. The van der Waals surface area contributed by atoms with E-state index >= 15 is 0 Å². The second-order valence-corrected chi connectivity index (χ2v) is 9.41. The summed E-state index contributed by atoms with van der Waals surface area (Å²) in [5, 5.41) is 15.7. The van der Waals surface area contributed by atoms with Gasteiger partial charge in [0.2, 0.25) is 5.91 Å². The van der Waals surface area contributed by atoms with Gasteiger partial charge in [-0.05, 0) is 49.8 Å². The van der Waals surface area contributed by atoms with E-state index in [1.165, 1.54) is 0 Å². The van der Waals surface area contributed by atoms with Crippen molar-refractivity contribution in [2.45, 2.75) is 56.8 Å². The molecule has 0 radical (unpaired) electrons. The Morgan fingerprint density at radius 1 is 1.41 bits per heavy atom. The number of carbonyl (C=O) groups excluding carboxylic acids is 1. The average molecular weight is 444 g/mol. The Bertz CT molecular complexity index is 859. The monoisotopic (exact) mass is 443 g/mol. The van der Waals surface area contributed by atoms with E-state index in [4.69, 9.17) is 4.74 Å². The minimum Gasteiger partial charge on any atom is -0.383 e. The van der Waals surface area contributed by atoms with Crippen molar-refractivity contribution >= 4 is 11.6 Å². The molecule has 8 heteroatoms. The number of benzene rings is 1. The Hall–Kier alpha value is -2.21. The molecule has 4 rings (SSSR count). The Labute approximate surface area is 189 Å². The summed E-state index contributed by atoms with van der Waals surface area (Å²) in [5.74, 6) is -0.113. The van der Waals surface area contributed by atoms with Crippen LogP contribution < -0.4 is 15.5 Å². The molecule has 3 fully saturated rings. The summed E-state index contributed by atoms with van der Waals surface area (Å²) in [6, 6.07) is 7.17. The molecule has 5 atom stereocenters. The number of halogens is 1. The predicted octanol–water partition coefficient (Wildman–Crippen LogP) is 1.67. The lowest BCUT2D eigenvalue weighted by atomic mass is 9.98. The summed E-state index contributed by atoms with van der Waals surface area (Å²) in [7, 11) is 1.71. The van der Waals surface area contributed by atoms with Crippen molar-refractivity contribution in [1.82, 2.24) is 15.5 Å². The van der Waals surface area contributed by atoms with Gasteiger partial charge in [0.15, 0.2) is 0 Å². The highest BCUT2D eigenvalue weighted by Crippen LogP contribution is 2.35. The molecule has 7 nitrogen and oxygen atoms in total. The Morgan fingerprint density at radius 2 is 2.25 bits per heavy atom. The van der Waals surface area contributed by atoms with Crippen molar-refractivity contribution in [2.75, 3.05) is 44.8 Å². The van der Waals surface area contributed by atoms with Crippen LogP contribution in [0, 0.1) is 23.1 Å². The number of nitrogens with zero attached hydrogens (tertiary/aromatic N) is 3. The number of methoxy groups -OCH3 is 1. The highest BCUT2D eigenvalue weighted by molar-refractivity contribution is 5.83. The van der Waals surface area contributed by atoms with Crippen LogP contribution in [-0.4, -0.2) is 74.9 Å². The van der Waals surface area contributed by atoms with Gasteiger partial charge in [-0.1, -0.05) is 6.07 Å². The van der Waals surface area contributed by atoms with Gasteiger partial charge in [0.1, 0.15) is 11.9 Å². The molecule has 2 heterocycles. The van der Waals surface area contributed by atoms with E-state index in [2.05, 4.69) is 33.4 Å². The van der Waals surface area contributed by atoms with Gasteiger partial charge in [-0.15, -0.1) is 0 Å². The number of rotatable bonds is 8. The standard InChI is InChI=1S/C24H34FN5O2/c1-16-15-30(8-7-29(16)9-10-32-2)21-6-4-17(22(25)13-21)11-20(14-26)28-24(31)23-18-3-5-19(12-18)27-23/h4,6,13,16,18-20,23,27H,3,5,7-12,15H2,1-2H3,(H,28,31)/t16?,18-,19+,20-,23-/m0/s1. The van der Waals surface area contributed by atoms with Crippen molar-refractivity contribution in [3.63, 3.8) is 0 Å². The molecular weight excluding hydrogens is 409 g/mol. The fraction of sp³-hybridized carbons (Fsp3) is 0.667. The van der Waals surface area contributed by atoms with E-state index in [1.807, 2.05) is 6.07 Å². The van der Waals surface area contributed by atoms with Crippen LogP contribution in [0.2, 0.25) is 0 Å². The molecule has 3 aliphatic rings. The number of hydrogen-bond donors (Lipinski definition) is 2. The fourth-order valence-corrected chi connectivity index (χ4v) is 5.43. The molecule has 1 saturated carbocycles. The van der Waals surface area contributed by atoms with Crippen LogP contribution in [0.1, 0.15) is 31.7 Å². The Balaban J connectivity index is 1.33. The van der Waals surface area contributed by atoms with Crippen molar-refractivity contribution in [1.29, 1.82) is 5.26 Å². The van der Waals surface area contributed by atoms with Crippen LogP contribution >= 0.6 is 0 Å². The number of amides is 1. The minimum absolute atomic E-state index is 0.138. The van der Waals surface area contributed by atoms with Gasteiger partial charge in [-0.2, -0.15) is 5.26 Å². The summed E-state index contributed by atoms with van der Waals surface area (Å²) in [4.78, 5) is 17.2. The predicted molar refractivity (Wildman–Crippen MR) is 121 cm³/mol. The summed E-state index contributed by atoms with van der Waals surface area (Å²) in [6.45, 7) is 6.36. The first-order chi connectivity index (χ1) is 15.5. The SMILES string of the molecule is COCCN1CCN(c2ccc(C[C@@H](C#N)NC(=O)[C@H]3N[C@@H]4CC[C@H]3C4)c(F)c2)CC1C. The van der Waals surface area contributed by atoms with Crippen molar-refractivity contribution < 1.29 is 13.9 Å². The fourth-order valence-electron chi connectivity index (χ4n) is 5.43. The zero-order valence-electron chi connectivity index (χ0n) is 19.0. The van der Waals surface area contributed by atoms with Crippen LogP contribution in [0.4, 0.5) is 10.1 Å². The number of hydrogen-bond acceptors (Lipinski definition) is 6. The van der Waals surface area contributed by atoms with Crippen molar-refractivity contribution in [3.05, 3.63) is 29.6 Å². The minimum atomic E-state index is -0.742. The molecule has 2 bridgehead atoms. The maximum Gasteiger partial charge on any atom is 0.238 e. The van der Waals surface area contributed by atoms with Crippen molar-refractivity contribution in [2.24, 2.45) is 5.92 Å². The van der Waals surface area contributed by atoms with E-state index in [9.17, 15) is 14.4 Å². The summed E-state index contributed by atoms with van der Waals surface area (Å²) in [5.41, 5.74) is 1.31. The van der Waals surface area contributed by atoms with Gasteiger partial charge in [-0.3, -0.25) is 9.69 Å². The van der Waals surface area contributed by atoms with Crippen LogP contribution in [0.25, 0.3) is 0 Å². The van der Waals surface area contributed by atoms with Gasteiger partial charge >= 0.3 is 0 Å². The van der Waals surface area contributed by atoms with E-state index in [1.54, 1.807) is 19.2 Å². The molecular formula is C24H34FN5O2. The number of piperazine rings is 1. The second kappa shape index (κ2) is 10.2. The first kappa shape index (κ1) is 23.0. The quantitative estimate of drug-likeness (QED) is 0.636. The molecule has 1 aromatic rings. The normalized spacial score (nSPS) is 28.5. The van der Waals surface area contributed by atoms with Crippen LogP contribution in [-0.2, 0) is 16.0 Å². The second-order valence-electron chi connectivity index (χ2n) is 9.41. The average Bonchev–Trinajstić information content (AvgIpc) is 3.43. The first-order valence-corrected chi connectivity index (χ1v) is 11.7. The topological polar surface area (TPSA) is 80.6 Å².